The number of rotatable bonds is 6. The van der Waals surface area contributed by atoms with E-state index in [0.29, 0.717) is 10.8 Å². The van der Waals surface area contributed by atoms with Crippen LogP contribution in [0.5, 0.6) is 0 Å². The molecule has 1 saturated heterocycles. The molecule has 1 heterocycles. The third-order valence-corrected chi connectivity index (χ3v) is 6.96. The summed E-state index contributed by atoms with van der Waals surface area (Å²) in [5.74, 6) is 0.00144. The number of nitrogens with one attached hydrogen (secondary N) is 1. The predicted molar refractivity (Wildman–Crippen MR) is 129 cm³/mol. The Morgan fingerprint density at radius 2 is 1.71 bits per heavy atom. The van der Waals surface area contributed by atoms with E-state index in [-0.39, 0.29) is 17.7 Å². The molecule has 0 aromatic heterocycles. The maximum absolute atomic E-state index is 12.5. The average molecular weight is 454 g/mol. The molecule has 1 aliphatic rings. The topological polar surface area (TPSA) is 75.4 Å². The summed E-state index contributed by atoms with van der Waals surface area (Å²) in [4.78, 5) is 27.0. The van der Waals surface area contributed by atoms with Crippen LogP contribution in [0.15, 0.2) is 65.6 Å². The SMILES string of the molecule is NC(=O)C1CCN(c2ccc(NC(=O)CSc3cccc4cccc(Cl)c34)cc2)CC1. The zero-order chi connectivity index (χ0) is 21.8. The van der Waals surface area contributed by atoms with Crippen LogP contribution in [0.2, 0.25) is 5.02 Å². The van der Waals surface area contributed by atoms with E-state index in [1.54, 1.807) is 0 Å². The van der Waals surface area contributed by atoms with Gasteiger partial charge in [0.2, 0.25) is 11.8 Å². The number of primary amides is 1. The molecule has 2 amide bonds. The molecule has 1 fully saturated rings. The van der Waals surface area contributed by atoms with Crippen molar-refractivity contribution < 1.29 is 9.59 Å². The van der Waals surface area contributed by atoms with E-state index >= 15 is 0 Å². The summed E-state index contributed by atoms with van der Waals surface area (Å²) in [6.45, 7) is 1.62. The Bertz CT molecular complexity index is 1090. The summed E-state index contributed by atoms with van der Waals surface area (Å²) < 4.78 is 0. The van der Waals surface area contributed by atoms with Gasteiger partial charge in [0.25, 0.3) is 0 Å². The second-order valence-electron chi connectivity index (χ2n) is 7.64. The number of anilines is 2. The maximum Gasteiger partial charge on any atom is 0.234 e. The molecular weight excluding hydrogens is 430 g/mol. The quantitative estimate of drug-likeness (QED) is 0.519. The Morgan fingerprint density at radius 3 is 2.39 bits per heavy atom. The van der Waals surface area contributed by atoms with Gasteiger partial charge in [-0.25, -0.2) is 0 Å². The van der Waals surface area contributed by atoms with Gasteiger partial charge in [0.1, 0.15) is 0 Å². The van der Waals surface area contributed by atoms with E-state index in [1.165, 1.54) is 11.8 Å². The lowest BCUT2D eigenvalue weighted by molar-refractivity contribution is -0.122. The maximum atomic E-state index is 12.5. The fraction of sp³-hybridized carbons (Fsp3) is 0.250. The number of hydrogen-bond donors (Lipinski definition) is 2. The zero-order valence-corrected chi connectivity index (χ0v) is 18.6. The van der Waals surface area contributed by atoms with Crippen molar-refractivity contribution in [1.82, 2.24) is 0 Å². The lowest BCUT2D eigenvalue weighted by atomic mass is 9.96. The number of carbonyl (C=O) groups excluding carboxylic acids is 2. The van der Waals surface area contributed by atoms with Crippen molar-refractivity contribution >= 4 is 57.3 Å². The van der Waals surface area contributed by atoms with Gasteiger partial charge in [-0.1, -0.05) is 35.9 Å². The highest BCUT2D eigenvalue weighted by Crippen LogP contribution is 2.33. The summed E-state index contributed by atoms with van der Waals surface area (Å²) in [6, 6.07) is 19.6. The minimum atomic E-state index is -0.207. The van der Waals surface area contributed by atoms with Crippen LogP contribution in [0.25, 0.3) is 10.8 Å². The lowest BCUT2D eigenvalue weighted by Crippen LogP contribution is -2.38. The Morgan fingerprint density at radius 1 is 1.03 bits per heavy atom. The molecular formula is C24H24ClN3O2S. The molecule has 0 radical (unpaired) electrons. The fourth-order valence-corrected chi connectivity index (χ4v) is 5.15. The van der Waals surface area contributed by atoms with Gasteiger partial charge < -0.3 is 16.0 Å². The van der Waals surface area contributed by atoms with Crippen molar-refractivity contribution in [3.8, 4) is 0 Å². The predicted octanol–water partition coefficient (Wildman–Crippen LogP) is 4.93. The Labute approximate surface area is 190 Å². The third kappa shape index (κ3) is 5.14. The van der Waals surface area contributed by atoms with Gasteiger partial charge in [0.15, 0.2) is 0 Å². The molecule has 4 rings (SSSR count). The van der Waals surface area contributed by atoms with Crippen LogP contribution in [0, 0.1) is 5.92 Å². The van der Waals surface area contributed by atoms with E-state index in [1.807, 2.05) is 60.7 Å². The van der Waals surface area contributed by atoms with E-state index < -0.39 is 0 Å². The van der Waals surface area contributed by atoms with Gasteiger partial charge >= 0.3 is 0 Å². The summed E-state index contributed by atoms with van der Waals surface area (Å²) in [5.41, 5.74) is 7.25. The first-order chi connectivity index (χ1) is 15.0. The van der Waals surface area contributed by atoms with Gasteiger partial charge in [0.05, 0.1) is 5.75 Å². The molecule has 0 bridgehead atoms. The Kier molecular flexibility index (Phi) is 6.68. The van der Waals surface area contributed by atoms with Crippen LogP contribution < -0.4 is 16.0 Å². The molecule has 0 saturated carbocycles. The molecule has 5 nitrogen and oxygen atoms in total. The van der Waals surface area contributed by atoms with E-state index in [9.17, 15) is 9.59 Å². The number of nitrogens with zero attached hydrogens (tertiary/aromatic N) is 1. The van der Waals surface area contributed by atoms with Crippen LogP contribution in [0.3, 0.4) is 0 Å². The van der Waals surface area contributed by atoms with Crippen molar-refractivity contribution in [1.29, 1.82) is 0 Å². The average Bonchev–Trinajstić information content (AvgIpc) is 2.78. The minimum absolute atomic E-state index is 0.0241. The number of piperidine rings is 1. The first kappa shape index (κ1) is 21.5. The molecule has 0 atom stereocenters. The van der Waals surface area contributed by atoms with E-state index in [2.05, 4.69) is 10.2 Å². The van der Waals surface area contributed by atoms with Crippen LogP contribution in [0.4, 0.5) is 11.4 Å². The smallest absolute Gasteiger partial charge is 0.234 e. The molecule has 7 heteroatoms. The second kappa shape index (κ2) is 9.62. The highest BCUT2D eigenvalue weighted by atomic mass is 35.5. The summed E-state index contributed by atoms with van der Waals surface area (Å²) >= 11 is 7.85. The summed E-state index contributed by atoms with van der Waals surface area (Å²) in [6.07, 6.45) is 1.56. The monoisotopic (exact) mass is 453 g/mol. The van der Waals surface area contributed by atoms with Crippen LogP contribution >= 0.6 is 23.4 Å². The number of amides is 2. The Balaban J connectivity index is 1.33. The molecule has 3 aromatic rings. The number of carbonyl (C=O) groups is 2. The Hall–Kier alpha value is -2.70. The first-order valence-corrected chi connectivity index (χ1v) is 11.6. The number of thioether (sulfide) groups is 1. The van der Waals surface area contributed by atoms with Crippen molar-refractivity contribution in [2.75, 3.05) is 29.1 Å². The van der Waals surface area contributed by atoms with Gasteiger partial charge in [-0.15, -0.1) is 11.8 Å². The summed E-state index contributed by atoms with van der Waals surface area (Å²) in [5, 5.41) is 5.69. The third-order valence-electron chi connectivity index (χ3n) is 5.59. The number of hydrogen-bond acceptors (Lipinski definition) is 4. The molecule has 31 heavy (non-hydrogen) atoms. The number of benzene rings is 3. The number of fused-ring (bicyclic) bond motifs is 1. The van der Waals surface area contributed by atoms with Gasteiger partial charge in [-0.3, -0.25) is 9.59 Å². The molecule has 0 unspecified atom stereocenters. The number of halogens is 1. The van der Waals surface area contributed by atoms with Crippen LogP contribution in [0.1, 0.15) is 12.8 Å². The van der Waals surface area contributed by atoms with Crippen LogP contribution in [-0.4, -0.2) is 30.7 Å². The first-order valence-electron chi connectivity index (χ1n) is 10.3. The lowest BCUT2D eigenvalue weighted by Gasteiger charge is -2.32. The van der Waals surface area contributed by atoms with Gasteiger partial charge in [0, 0.05) is 45.7 Å². The number of nitrogens with two attached hydrogens (primary N) is 1. The van der Waals surface area contributed by atoms with Crippen molar-refractivity contribution in [3.05, 3.63) is 65.7 Å². The highest BCUT2D eigenvalue weighted by Gasteiger charge is 2.23. The molecule has 1 aliphatic heterocycles. The molecule has 160 valence electrons. The van der Waals surface area contributed by atoms with Crippen LogP contribution in [-0.2, 0) is 9.59 Å². The highest BCUT2D eigenvalue weighted by molar-refractivity contribution is 8.00. The second-order valence-corrected chi connectivity index (χ2v) is 9.07. The molecule has 3 aromatic carbocycles. The van der Waals surface area contributed by atoms with E-state index in [4.69, 9.17) is 17.3 Å². The zero-order valence-electron chi connectivity index (χ0n) is 17.0. The molecule has 0 spiro atoms. The molecule has 0 aliphatic carbocycles. The van der Waals surface area contributed by atoms with Gasteiger partial charge in [-0.2, -0.15) is 0 Å². The van der Waals surface area contributed by atoms with E-state index in [0.717, 1.165) is 53.0 Å². The van der Waals surface area contributed by atoms with Gasteiger partial charge in [-0.05, 0) is 54.6 Å². The normalized spacial score (nSPS) is 14.5. The van der Waals surface area contributed by atoms with Crippen molar-refractivity contribution in [2.45, 2.75) is 17.7 Å². The molecule has 3 N–H and O–H groups in total. The summed E-state index contributed by atoms with van der Waals surface area (Å²) in [7, 11) is 0. The standard InChI is InChI=1S/C24H24ClN3O2S/c25-20-5-1-3-16-4-2-6-21(23(16)20)31-15-22(29)27-18-7-9-19(10-8-18)28-13-11-17(12-14-28)24(26)30/h1-10,17H,11-15H2,(H2,26,30)(H,27,29). The van der Waals surface area contributed by atoms with Crippen molar-refractivity contribution in [2.24, 2.45) is 11.7 Å². The largest absolute Gasteiger partial charge is 0.371 e. The fourth-order valence-electron chi connectivity index (χ4n) is 3.90. The minimum Gasteiger partial charge on any atom is -0.371 e. The van der Waals surface area contributed by atoms with Crippen molar-refractivity contribution in [3.63, 3.8) is 0 Å².